The van der Waals surface area contributed by atoms with Gasteiger partial charge in [0.15, 0.2) is 5.82 Å². The Kier molecular flexibility index (Phi) is 14.7. The second-order valence-corrected chi connectivity index (χ2v) is 9.36. The van der Waals surface area contributed by atoms with Crippen LogP contribution < -0.4 is 11.1 Å². The van der Waals surface area contributed by atoms with Gasteiger partial charge in [0.05, 0.1) is 5.52 Å². The number of aromatic nitrogens is 2. The summed E-state index contributed by atoms with van der Waals surface area (Å²) in [6.45, 7) is 8.33. The first-order valence-corrected chi connectivity index (χ1v) is 11.4. The molecule has 3 rings (SSSR count). The summed E-state index contributed by atoms with van der Waals surface area (Å²) in [7, 11) is 0. The summed E-state index contributed by atoms with van der Waals surface area (Å²) in [5.74, 6) is 1.59. The minimum absolute atomic E-state index is 0. The van der Waals surface area contributed by atoms with Crippen molar-refractivity contribution in [2.75, 3.05) is 18.4 Å². The molecular weight excluding hydrogens is 510 g/mol. The lowest BCUT2D eigenvalue weighted by Crippen LogP contribution is -2.12. The molecule has 34 heavy (non-hydrogen) atoms. The van der Waals surface area contributed by atoms with E-state index in [2.05, 4.69) is 44.3 Å². The Bertz CT molecular complexity index is 1030. The Morgan fingerprint density at radius 2 is 1.56 bits per heavy atom. The van der Waals surface area contributed by atoms with Crippen molar-refractivity contribution in [2.45, 2.75) is 51.9 Å². The summed E-state index contributed by atoms with van der Waals surface area (Å²) in [4.78, 5) is 9.62. The van der Waals surface area contributed by atoms with E-state index in [0.29, 0.717) is 5.82 Å². The van der Waals surface area contributed by atoms with Gasteiger partial charge < -0.3 is 11.1 Å². The van der Waals surface area contributed by atoms with Crippen molar-refractivity contribution in [2.24, 2.45) is 5.73 Å². The number of unbranched alkanes of at least 4 members (excludes halogenated alkanes) is 3. The van der Waals surface area contributed by atoms with E-state index in [0.717, 1.165) is 53.2 Å². The molecule has 3 N–H and O–H groups in total. The lowest BCUT2D eigenvalue weighted by Gasteiger charge is -2.20. The van der Waals surface area contributed by atoms with E-state index in [4.69, 9.17) is 27.3 Å². The maximum absolute atomic E-state index is 5.98. The van der Waals surface area contributed by atoms with Crippen LogP contribution in [0.1, 0.15) is 63.4 Å². The fourth-order valence-electron chi connectivity index (χ4n) is 3.40. The number of benzene rings is 2. The standard InChI is InChI=1S/C26H33ClN4.3ClH/c1-26(2,3)20-11-14-23-22(18-20)25(29-17-7-5-4-6-16-28)31-24(30-23)15-10-19-8-12-21(27)13-9-19;;;/h8-15,18H,4-7,16-17,28H2,1-3H3,(H,29,30,31);3*1H/b15-10+;;;. The first-order valence-electron chi connectivity index (χ1n) is 11.1. The summed E-state index contributed by atoms with van der Waals surface area (Å²) >= 11 is 5.98. The van der Waals surface area contributed by atoms with E-state index in [-0.39, 0.29) is 42.6 Å². The number of rotatable bonds is 9. The largest absolute Gasteiger partial charge is 0.369 e. The van der Waals surface area contributed by atoms with Gasteiger partial charge in [-0.2, -0.15) is 0 Å². The molecule has 0 saturated heterocycles. The molecular formula is C26H36Cl4N4. The molecule has 0 aliphatic heterocycles. The normalized spacial score (nSPS) is 11.0. The molecule has 0 amide bonds. The zero-order valence-corrected chi connectivity index (χ0v) is 23.2. The van der Waals surface area contributed by atoms with Crippen molar-refractivity contribution in [3.8, 4) is 0 Å². The van der Waals surface area contributed by atoms with Gasteiger partial charge in [0, 0.05) is 17.0 Å². The topological polar surface area (TPSA) is 63.8 Å². The quantitative estimate of drug-likeness (QED) is 0.268. The molecule has 0 radical (unpaired) electrons. The van der Waals surface area contributed by atoms with Gasteiger partial charge in [-0.3, -0.25) is 0 Å². The predicted molar refractivity (Wildman–Crippen MR) is 156 cm³/mol. The van der Waals surface area contributed by atoms with E-state index in [1.807, 2.05) is 36.4 Å². The Hall–Kier alpha value is -1.56. The second kappa shape index (κ2) is 15.4. The highest BCUT2D eigenvalue weighted by Gasteiger charge is 2.16. The van der Waals surface area contributed by atoms with Crippen LogP contribution in [0, 0.1) is 0 Å². The molecule has 1 heterocycles. The summed E-state index contributed by atoms with van der Waals surface area (Å²) in [5, 5.41) is 5.35. The molecule has 4 nitrogen and oxygen atoms in total. The third kappa shape index (κ3) is 9.59. The minimum Gasteiger partial charge on any atom is -0.369 e. The lowest BCUT2D eigenvalue weighted by atomic mass is 9.86. The highest BCUT2D eigenvalue weighted by atomic mass is 35.5. The SMILES string of the molecule is CC(C)(C)c1ccc2nc(/C=C/c3ccc(Cl)cc3)nc(NCCCCCCN)c2c1.Cl.Cl.Cl. The van der Waals surface area contributed by atoms with Gasteiger partial charge in [-0.1, -0.05) is 69.5 Å². The lowest BCUT2D eigenvalue weighted by molar-refractivity contribution is 0.591. The van der Waals surface area contributed by atoms with Gasteiger partial charge in [0.2, 0.25) is 0 Å². The Morgan fingerprint density at radius 1 is 0.882 bits per heavy atom. The molecule has 2 aromatic carbocycles. The number of fused-ring (bicyclic) bond motifs is 1. The van der Waals surface area contributed by atoms with E-state index in [9.17, 15) is 0 Å². The van der Waals surface area contributed by atoms with E-state index < -0.39 is 0 Å². The van der Waals surface area contributed by atoms with Crippen LogP contribution in [0.2, 0.25) is 5.02 Å². The van der Waals surface area contributed by atoms with E-state index in [1.165, 1.54) is 18.4 Å². The molecule has 8 heteroatoms. The molecule has 188 valence electrons. The first-order chi connectivity index (χ1) is 14.9. The molecule has 0 spiro atoms. The molecule has 0 unspecified atom stereocenters. The maximum Gasteiger partial charge on any atom is 0.154 e. The zero-order valence-electron chi connectivity index (χ0n) is 20.0. The number of nitrogens with two attached hydrogens (primary N) is 1. The number of halogens is 4. The molecule has 0 aliphatic carbocycles. The number of hydrogen-bond acceptors (Lipinski definition) is 4. The summed E-state index contributed by atoms with van der Waals surface area (Å²) in [5.41, 5.74) is 8.95. The fraction of sp³-hybridized carbons (Fsp3) is 0.385. The van der Waals surface area contributed by atoms with Gasteiger partial charge in [-0.05, 0) is 66.3 Å². The molecule has 1 aromatic heterocycles. The van der Waals surface area contributed by atoms with Gasteiger partial charge >= 0.3 is 0 Å². The smallest absolute Gasteiger partial charge is 0.154 e. The highest BCUT2D eigenvalue weighted by molar-refractivity contribution is 6.30. The summed E-state index contributed by atoms with van der Waals surface area (Å²) in [6.07, 6.45) is 8.49. The van der Waals surface area contributed by atoms with E-state index >= 15 is 0 Å². The maximum atomic E-state index is 5.98. The number of nitrogens with one attached hydrogen (secondary N) is 1. The Balaban J connectivity index is 0.00000363. The minimum atomic E-state index is 0. The number of nitrogens with zero attached hydrogens (tertiary/aromatic N) is 2. The van der Waals surface area contributed by atoms with Crippen LogP contribution in [-0.4, -0.2) is 23.1 Å². The molecule has 0 atom stereocenters. The van der Waals surface area contributed by atoms with Crippen LogP contribution in [0.3, 0.4) is 0 Å². The van der Waals surface area contributed by atoms with Crippen molar-refractivity contribution >= 4 is 77.7 Å². The van der Waals surface area contributed by atoms with E-state index in [1.54, 1.807) is 0 Å². The molecule has 0 aliphatic rings. The van der Waals surface area contributed by atoms with Crippen molar-refractivity contribution < 1.29 is 0 Å². The van der Waals surface area contributed by atoms with Crippen LogP contribution in [0.25, 0.3) is 23.1 Å². The number of anilines is 1. The monoisotopic (exact) mass is 544 g/mol. The summed E-state index contributed by atoms with van der Waals surface area (Å²) < 4.78 is 0. The third-order valence-electron chi connectivity index (χ3n) is 5.30. The van der Waals surface area contributed by atoms with Crippen LogP contribution in [0.4, 0.5) is 5.82 Å². The molecule has 0 bridgehead atoms. The van der Waals surface area contributed by atoms with Crippen LogP contribution >= 0.6 is 48.8 Å². The predicted octanol–water partition coefficient (Wildman–Crippen LogP) is 7.95. The molecule has 3 aromatic rings. The van der Waals surface area contributed by atoms with Crippen LogP contribution in [-0.2, 0) is 5.41 Å². The van der Waals surface area contributed by atoms with Crippen LogP contribution in [0.15, 0.2) is 42.5 Å². The van der Waals surface area contributed by atoms with Crippen molar-refractivity contribution in [1.82, 2.24) is 9.97 Å². The average molecular weight is 546 g/mol. The van der Waals surface area contributed by atoms with Crippen LogP contribution in [0.5, 0.6) is 0 Å². The van der Waals surface area contributed by atoms with Crippen molar-refractivity contribution in [1.29, 1.82) is 0 Å². The fourth-order valence-corrected chi connectivity index (χ4v) is 3.52. The van der Waals surface area contributed by atoms with Gasteiger partial charge in [0.1, 0.15) is 5.82 Å². The molecule has 0 saturated carbocycles. The number of hydrogen-bond donors (Lipinski definition) is 2. The first kappa shape index (κ1) is 32.4. The highest BCUT2D eigenvalue weighted by Crippen LogP contribution is 2.29. The van der Waals surface area contributed by atoms with Crippen molar-refractivity contribution in [3.05, 3.63) is 64.4 Å². The van der Waals surface area contributed by atoms with Gasteiger partial charge in [-0.15, -0.1) is 37.2 Å². The van der Waals surface area contributed by atoms with Gasteiger partial charge in [-0.25, -0.2) is 9.97 Å². The average Bonchev–Trinajstić information content (AvgIpc) is 2.74. The third-order valence-corrected chi connectivity index (χ3v) is 5.55. The second-order valence-electron chi connectivity index (χ2n) is 8.93. The zero-order chi connectivity index (χ0) is 22.3. The molecule has 0 fully saturated rings. The Labute approximate surface area is 227 Å². The van der Waals surface area contributed by atoms with Crippen molar-refractivity contribution in [3.63, 3.8) is 0 Å². The Morgan fingerprint density at radius 3 is 2.21 bits per heavy atom. The van der Waals surface area contributed by atoms with Gasteiger partial charge in [0.25, 0.3) is 0 Å². The summed E-state index contributed by atoms with van der Waals surface area (Å²) in [6, 6.07) is 14.2.